The summed E-state index contributed by atoms with van der Waals surface area (Å²) in [6.45, 7) is 10.5. The van der Waals surface area contributed by atoms with Gasteiger partial charge >= 0.3 is 12.4 Å². The van der Waals surface area contributed by atoms with E-state index in [1.165, 1.54) is 29.7 Å². The van der Waals surface area contributed by atoms with Gasteiger partial charge in [-0.25, -0.2) is 49.8 Å². The molecule has 10 rings (SSSR count). The third kappa shape index (κ3) is 11.4. The number of alkyl halides is 6. The van der Waals surface area contributed by atoms with Crippen LogP contribution in [0.5, 0.6) is 0 Å². The van der Waals surface area contributed by atoms with E-state index >= 15 is 0 Å². The molecule has 4 saturated heterocycles. The SMILES string of the molecule is CC1(C)CN(c2nc3c(N4CCOCC4)nc(-c4cnc(N)nc4)nc3n2CC(F)(F)F)CCN1.CC1(C)CN(c2nc3c(N4CCOCC4)nc(-c4cnc(N)nc4)nc3n2CC(F)(F)F)CCN1C(=O)CO. The van der Waals surface area contributed by atoms with Gasteiger partial charge in [-0.05, 0) is 27.7 Å². The van der Waals surface area contributed by atoms with Crippen LogP contribution in [0.2, 0.25) is 0 Å². The molecule has 0 bridgehead atoms. The number of aliphatic hydroxyl groups is 1. The quantitative estimate of drug-likeness (QED) is 0.151. The first kappa shape index (κ1) is 51.8. The van der Waals surface area contributed by atoms with Crippen molar-refractivity contribution < 1.29 is 45.7 Å². The number of carbonyl (C=O) groups is 1. The summed E-state index contributed by atoms with van der Waals surface area (Å²) in [6, 6.07) is 0. The first-order valence-corrected chi connectivity index (χ1v) is 23.7. The molecule has 0 aliphatic carbocycles. The van der Waals surface area contributed by atoms with Gasteiger partial charge in [-0.2, -0.15) is 26.3 Å². The summed E-state index contributed by atoms with van der Waals surface area (Å²) in [5.74, 6) is 1.15. The van der Waals surface area contributed by atoms with E-state index in [4.69, 9.17) is 30.9 Å². The van der Waals surface area contributed by atoms with Gasteiger partial charge in [0.1, 0.15) is 19.7 Å². The number of halogens is 6. The number of piperazine rings is 2. The predicted molar refractivity (Wildman–Crippen MR) is 259 cm³/mol. The lowest BCUT2D eigenvalue weighted by Gasteiger charge is -2.47. The molecule has 6 N–H and O–H groups in total. The van der Waals surface area contributed by atoms with Crippen LogP contribution in [0.1, 0.15) is 27.7 Å². The Bertz CT molecular complexity index is 2960. The van der Waals surface area contributed by atoms with Crippen molar-refractivity contribution in [2.24, 2.45) is 0 Å². The number of amides is 1. The molecular weight excluding hydrogens is 987 g/mol. The Morgan fingerprint density at radius 1 is 0.622 bits per heavy atom. The van der Waals surface area contributed by atoms with Gasteiger partial charge in [0.05, 0.1) is 43.1 Å². The topological polar surface area (TPSA) is 275 Å². The standard InChI is InChI=1S/C23H29F3N10O3.C21H27F3N10O/c1-22(2)12-34(3-4-36(22)15(38)11-37)21-30-16-18(33-5-7-39-8-6-33)31-17(14-9-28-20(27)29-10-14)32-19(16)35(21)13-23(24,25)26;1-20(2)11-33(4-3-28-20)19-29-14-16(32-5-7-35-8-6-32)30-15(13-9-26-18(25)27-10-13)31-17(14)34(19)12-21(22,23)24/h9-10,37H,3-8,11-13H2,1-2H3,(H2,27,28,29);9-10,28H,3-8,11-12H2,1-2H3,(H2,25,26,27). The minimum absolute atomic E-state index is 0.0114. The third-order valence-electron chi connectivity index (χ3n) is 12.7. The van der Waals surface area contributed by atoms with Crippen molar-refractivity contribution in [3.8, 4) is 22.8 Å². The summed E-state index contributed by atoms with van der Waals surface area (Å²) in [7, 11) is 0. The molecule has 4 aliphatic rings. The molecule has 0 radical (unpaired) electrons. The molecule has 10 heterocycles. The molecule has 30 heteroatoms. The largest absolute Gasteiger partial charge is 0.406 e. The van der Waals surface area contributed by atoms with Crippen LogP contribution in [-0.2, 0) is 27.4 Å². The first-order valence-electron chi connectivity index (χ1n) is 23.7. The fraction of sp³-hybridized carbons (Fsp3) is 0.568. The average molecular weight is 1040 g/mol. The number of carbonyl (C=O) groups excluding carboxylic acids is 1. The number of anilines is 6. The number of nitrogens with one attached hydrogen (secondary N) is 1. The van der Waals surface area contributed by atoms with E-state index < -0.39 is 43.5 Å². The van der Waals surface area contributed by atoms with Gasteiger partial charge in [-0.3, -0.25) is 13.9 Å². The van der Waals surface area contributed by atoms with Crippen LogP contribution in [0.3, 0.4) is 0 Å². The lowest BCUT2D eigenvalue weighted by atomic mass is 9.99. The summed E-state index contributed by atoms with van der Waals surface area (Å²) in [6.07, 6.45) is -3.30. The van der Waals surface area contributed by atoms with Crippen molar-refractivity contribution in [1.29, 1.82) is 0 Å². The van der Waals surface area contributed by atoms with Crippen LogP contribution in [0.15, 0.2) is 24.8 Å². The van der Waals surface area contributed by atoms with Gasteiger partial charge in [-0.1, -0.05) is 0 Å². The second-order valence-electron chi connectivity index (χ2n) is 19.3. The van der Waals surface area contributed by atoms with Crippen molar-refractivity contribution in [2.45, 2.75) is 64.2 Å². The van der Waals surface area contributed by atoms with Gasteiger partial charge in [0.15, 0.2) is 45.6 Å². The lowest BCUT2D eigenvalue weighted by Crippen LogP contribution is -2.62. The number of aliphatic hydroxyl groups excluding tert-OH is 1. The van der Waals surface area contributed by atoms with Gasteiger partial charge < -0.3 is 55.9 Å². The Morgan fingerprint density at radius 3 is 1.45 bits per heavy atom. The molecular formula is C44H56F6N20O4. The molecule has 4 aliphatic heterocycles. The number of hydrogen-bond acceptors (Lipinski definition) is 21. The lowest BCUT2D eigenvalue weighted by molar-refractivity contribution is -0.141. The van der Waals surface area contributed by atoms with E-state index in [0.717, 1.165) is 9.13 Å². The molecule has 6 aromatic heterocycles. The second-order valence-corrected chi connectivity index (χ2v) is 19.3. The maximum Gasteiger partial charge on any atom is 0.406 e. The van der Waals surface area contributed by atoms with E-state index in [2.05, 4.69) is 45.2 Å². The minimum atomic E-state index is -4.57. The molecule has 0 saturated carbocycles. The van der Waals surface area contributed by atoms with Crippen molar-refractivity contribution in [3.05, 3.63) is 24.8 Å². The van der Waals surface area contributed by atoms with Crippen molar-refractivity contribution in [1.82, 2.24) is 69.2 Å². The molecule has 0 aromatic carbocycles. The van der Waals surface area contributed by atoms with Crippen LogP contribution in [-0.4, -0.2) is 197 Å². The molecule has 1 amide bonds. The van der Waals surface area contributed by atoms with E-state index in [1.54, 1.807) is 18.7 Å². The molecule has 4 fully saturated rings. The molecule has 0 atom stereocenters. The Hall–Kier alpha value is -7.05. The Morgan fingerprint density at radius 2 is 1.05 bits per heavy atom. The smallest absolute Gasteiger partial charge is 0.387 e. The number of fused-ring (bicyclic) bond motifs is 2. The predicted octanol–water partition coefficient (Wildman–Crippen LogP) is 2.14. The Balaban J connectivity index is 0.000000183. The fourth-order valence-electron chi connectivity index (χ4n) is 9.42. The van der Waals surface area contributed by atoms with E-state index in [9.17, 15) is 36.2 Å². The highest BCUT2D eigenvalue weighted by Crippen LogP contribution is 2.37. The van der Waals surface area contributed by atoms with Gasteiger partial charge in [0, 0.05) is 95.8 Å². The number of nitrogens with two attached hydrogens (primary N) is 2. The van der Waals surface area contributed by atoms with Crippen LogP contribution in [0.4, 0.5) is 61.8 Å². The summed E-state index contributed by atoms with van der Waals surface area (Å²) in [4.78, 5) is 65.0. The highest BCUT2D eigenvalue weighted by molar-refractivity contribution is 5.89. The van der Waals surface area contributed by atoms with Gasteiger partial charge in [0.25, 0.3) is 0 Å². The zero-order valence-corrected chi connectivity index (χ0v) is 41.0. The van der Waals surface area contributed by atoms with Crippen molar-refractivity contribution in [3.63, 3.8) is 0 Å². The molecule has 398 valence electrons. The monoisotopic (exact) mass is 1040 g/mol. The molecule has 74 heavy (non-hydrogen) atoms. The summed E-state index contributed by atoms with van der Waals surface area (Å²) in [5.41, 5.74) is 11.7. The fourth-order valence-corrected chi connectivity index (χ4v) is 9.42. The van der Waals surface area contributed by atoms with Crippen molar-refractivity contribution in [2.75, 3.05) is 130 Å². The van der Waals surface area contributed by atoms with Crippen LogP contribution in [0.25, 0.3) is 45.1 Å². The highest BCUT2D eigenvalue weighted by atomic mass is 19.4. The summed E-state index contributed by atoms with van der Waals surface area (Å²) in [5, 5.41) is 12.8. The maximum absolute atomic E-state index is 13.9. The number of imidazole rings is 2. The Kier molecular flexibility index (Phi) is 14.2. The maximum atomic E-state index is 13.9. The number of aromatic nitrogens is 12. The summed E-state index contributed by atoms with van der Waals surface area (Å²) < 4.78 is 96.3. The molecule has 0 spiro atoms. The highest BCUT2D eigenvalue weighted by Gasteiger charge is 2.41. The Labute approximate surface area is 419 Å². The van der Waals surface area contributed by atoms with Crippen LogP contribution >= 0.6 is 0 Å². The average Bonchev–Trinajstić information content (AvgIpc) is 3.90. The van der Waals surface area contributed by atoms with Crippen LogP contribution < -0.4 is 36.4 Å². The number of morpholine rings is 2. The first-order chi connectivity index (χ1) is 35.1. The molecule has 6 aromatic rings. The molecule has 24 nitrogen and oxygen atoms in total. The van der Waals surface area contributed by atoms with Gasteiger partial charge in [0.2, 0.25) is 29.7 Å². The zero-order chi connectivity index (χ0) is 52.7. The van der Waals surface area contributed by atoms with E-state index in [0.29, 0.717) is 101 Å². The normalized spacial score (nSPS) is 18.5. The number of hydrogen-bond donors (Lipinski definition) is 4. The summed E-state index contributed by atoms with van der Waals surface area (Å²) >= 11 is 0. The minimum Gasteiger partial charge on any atom is -0.387 e. The van der Waals surface area contributed by atoms with Gasteiger partial charge in [-0.15, -0.1) is 0 Å². The zero-order valence-electron chi connectivity index (χ0n) is 41.0. The number of nitrogens with zero attached hydrogens (tertiary/aromatic N) is 17. The van der Waals surface area contributed by atoms with E-state index in [-0.39, 0.29) is 77.4 Å². The number of rotatable bonds is 9. The molecule has 0 unspecified atom stereocenters. The number of ether oxygens (including phenoxy) is 2. The third-order valence-corrected chi connectivity index (χ3v) is 12.7. The van der Waals surface area contributed by atoms with E-state index in [1.807, 2.05) is 28.5 Å². The number of nitrogen functional groups attached to an aromatic ring is 2. The second kappa shape index (κ2) is 20.3. The van der Waals surface area contributed by atoms with Crippen LogP contribution in [0, 0.1) is 0 Å². The van der Waals surface area contributed by atoms with Crippen molar-refractivity contribution >= 4 is 63.7 Å².